The van der Waals surface area contributed by atoms with E-state index in [-0.39, 0.29) is 35.0 Å². The number of carbonyl (C=O) groups excluding carboxylic acids is 1. The van der Waals surface area contributed by atoms with Crippen LogP contribution in [0, 0.1) is 10.1 Å². The fourth-order valence-electron chi connectivity index (χ4n) is 2.32. The van der Waals surface area contributed by atoms with E-state index >= 15 is 0 Å². The lowest BCUT2D eigenvalue weighted by Gasteiger charge is -2.01. The number of nitro benzene ring substituents is 1. The van der Waals surface area contributed by atoms with Gasteiger partial charge in [-0.05, 0) is 29.2 Å². The minimum absolute atomic E-state index is 0. The molecule has 6 nitrogen and oxygen atoms in total. The molecule has 0 aliphatic carbocycles. The molecule has 0 saturated heterocycles. The van der Waals surface area contributed by atoms with Crippen molar-refractivity contribution in [3.05, 3.63) is 87.8 Å². The first kappa shape index (κ1) is 19.7. The summed E-state index contributed by atoms with van der Waals surface area (Å²) in [5.74, 6) is -0.227. The molecule has 0 radical (unpaired) electrons. The molecule has 0 spiro atoms. The van der Waals surface area contributed by atoms with E-state index in [1.54, 1.807) is 41.4 Å². The van der Waals surface area contributed by atoms with Crippen LogP contribution in [-0.2, 0) is 6.54 Å². The predicted molar refractivity (Wildman–Crippen MR) is 103 cm³/mol. The van der Waals surface area contributed by atoms with Gasteiger partial charge < -0.3 is 0 Å². The third-order valence-electron chi connectivity index (χ3n) is 3.61. The average molecular weight is 436 g/mol. The van der Waals surface area contributed by atoms with Crippen molar-refractivity contribution in [1.82, 2.24) is 4.98 Å². The zero-order valence-corrected chi connectivity index (χ0v) is 15.9. The Balaban J connectivity index is 0.00000243. The molecule has 0 bridgehead atoms. The fraction of sp³-hybridized carbons (Fsp3) is 0.0556. The molecule has 0 unspecified atom stereocenters. The predicted octanol–water partition coefficient (Wildman–Crippen LogP) is 4.06. The van der Waals surface area contributed by atoms with E-state index in [4.69, 9.17) is 11.6 Å². The maximum absolute atomic E-state index is 12.3. The molecule has 0 aliphatic heterocycles. The van der Waals surface area contributed by atoms with Crippen molar-refractivity contribution in [1.29, 1.82) is 0 Å². The van der Waals surface area contributed by atoms with Gasteiger partial charge in [-0.2, -0.15) is 0 Å². The smallest absolute Gasteiger partial charge is 0.287 e. The van der Waals surface area contributed by atoms with E-state index < -0.39 is 4.92 Å². The van der Waals surface area contributed by atoms with Crippen LogP contribution in [0.1, 0.15) is 10.4 Å². The first-order valence-corrected chi connectivity index (χ1v) is 7.79. The lowest BCUT2D eigenvalue weighted by molar-refractivity contribution is -0.686. The van der Waals surface area contributed by atoms with Crippen molar-refractivity contribution < 1.29 is 14.3 Å². The number of hydrogen-bond acceptors (Lipinski definition) is 4. The van der Waals surface area contributed by atoms with Gasteiger partial charge in [0.25, 0.3) is 12.0 Å². The maximum Gasteiger partial charge on any atom is 0.287 e. The molecule has 1 heterocycles. The molecular formula is C18H14BrClN3O3+. The molecule has 8 heteroatoms. The second kappa shape index (κ2) is 8.64. The lowest BCUT2D eigenvalue weighted by atomic mass is 10.1. The molecule has 132 valence electrons. The second-order valence-corrected chi connectivity index (χ2v) is 5.79. The fourth-order valence-corrected chi connectivity index (χ4v) is 2.45. The molecule has 0 N–H and O–H groups in total. The summed E-state index contributed by atoms with van der Waals surface area (Å²) in [7, 11) is 0. The number of Topliss-reactive ketones (excluding diaryl/α,β-unsaturated/α-hetero) is 1. The highest BCUT2D eigenvalue weighted by Gasteiger charge is 2.14. The van der Waals surface area contributed by atoms with E-state index in [2.05, 4.69) is 4.98 Å². The summed E-state index contributed by atoms with van der Waals surface area (Å²) in [6.07, 6.45) is 3.30. The Morgan fingerprint density at radius 3 is 2.50 bits per heavy atom. The summed E-state index contributed by atoms with van der Waals surface area (Å²) in [6.45, 7) is 0.0507. The van der Waals surface area contributed by atoms with E-state index in [9.17, 15) is 14.9 Å². The molecule has 26 heavy (non-hydrogen) atoms. The van der Waals surface area contributed by atoms with Gasteiger partial charge in [0, 0.05) is 34.3 Å². The highest BCUT2D eigenvalue weighted by Crippen LogP contribution is 2.18. The Bertz CT molecular complexity index is 931. The van der Waals surface area contributed by atoms with Crippen LogP contribution >= 0.6 is 28.6 Å². The lowest BCUT2D eigenvalue weighted by Crippen LogP contribution is -2.37. The molecule has 0 saturated carbocycles. The maximum atomic E-state index is 12.3. The van der Waals surface area contributed by atoms with E-state index in [0.717, 1.165) is 11.3 Å². The molecule has 0 aliphatic rings. The number of rotatable bonds is 5. The molecular weight excluding hydrogens is 422 g/mol. The summed E-state index contributed by atoms with van der Waals surface area (Å²) in [5.41, 5.74) is 1.87. The standard InChI is InChI=1S/C18H13ClN3O3.BrH/c19-15-6-4-13(5-7-15)17-8-9-21(12-20-17)11-18(23)14-2-1-3-16(10-14)22(24)25;/h1-10,12H,11H2;1H/q+1;. The van der Waals surface area contributed by atoms with Crippen molar-refractivity contribution in [2.45, 2.75) is 6.54 Å². The summed E-state index contributed by atoms with van der Waals surface area (Å²) in [4.78, 5) is 26.9. The number of hydrogen-bond donors (Lipinski definition) is 0. The third kappa shape index (κ3) is 4.71. The highest BCUT2D eigenvalue weighted by molar-refractivity contribution is 8.93. The summed E-state index contributed by atoms with van der Waals surface area (Å²) < 4.78 is 1.63. The zero-order chi connectivity index (χ0) is 17.8. The van der Waals surface area contributed by atoms with Gasteiger partial charge >= 0.3 is 0 Å². The number of carbonyl (C=O) groups is 1. The normalized spacial score (nSPS) is 10.0. The Labute approximate surface area is 165 Å². The second-order valence-electron chi connectivity index (χ2n) is 5.36. The van der Waals surface area contributed by atoms with E-state index in [1.165, 1.54) is 18.2 Å². The number of halogens is 2. The number of benzene rings is 2. The van der Waals surface area contributed by atoms with Crippen LogP contribution in [0.15, 0.2) is 67.1 Å². The van der Waals surface area contributed by atoms with Gasteiger partial charge in [-0.25, -0.2) is 4.57 Å². The molecule has 0 amide bonds. The van der Waals surface area contributed by atoms with Crippen LogP contribution in [0.2, 0.25) is 5.02 Å². The van der Waals surface area contributed by atoms with Gasteiger partial charge in [-0.15, -0.1) is 17.0 Å². The van der Waals surface area contributed by atoms with Crippen molar-refractivity contribution in [3.8, 4) is 11.3 Å². The van der Waals surface area contributed by atoms with Crippen molar-refractivity contribution in [2.75, 3.05) is 0 Å². The van der Waals surface area contributed by atoms with E-state index in [1.807, 2.05) is 12.1 Å². The van der Waals surface area contributed by atoms with E-state index in [0.29, 0.717) is 10.6 Å². The van der Waals surface area contributed by atoms with Gasteiger partial charge in [0.15, 0.2) is 12.2 Å². The Hall–Kier alpha value is -2.64. The summed E-state index contributed by atoms with van der Waals surface area (Å²) in [5, 5.41) is 11.4. The highest BCUT2D eigenvalue weighted by atomic mass is 79.9. The largest absolute Gasteiger partial charge is 0.290 e. The van der Waals surface area contributed by atoms with Crippen molar-refractivity contribution in [3.63, 3.8) is 0 Å². The summed E-state index contributed by atoms with van der Waals surface area (Å²) >= 11 is 5.87. The van der Waals surface area contributed by atoms with Crippen LogP contribution in [-0.4, -0.2) is 15.7 Å². The Morgan fingerprint density at radius 2 is 1.88 bits per heavy atom. The average Bonchev–Trinajstić information content (AvgIpc) is 2.63. The molecule has 3 aromatic rings. The van der Waals surface area contributed by atoms with Crippen LogP contribution in [0.3, 0.4) is 0 Å². The molecule has 0 fully saturated rings. The van der Waals surface area contributed by atoms with Crippen LogP contribution < -0.4 is 4.57 Å². The first-order chi connectivity index (χ1) is 12.0. The number of ketones is 1. The number of non-ortho nitro benzene ring substituents is 1. The molecule has 1 aromatic heterocycles. The van der Waals surface area contributed by atoms with Gasteiger partial charge in [-0.3, -0.25) is 14.9 Å². The van der Waals surface area contributed by atoms with Gasteiger partial charge in [0.05, 0.1) is 11.1 Å². The van der Waals surface area contributed by atoms with Crippen molar-refractivity contribution in [2.24, 2.45) is 0 Å². The minimum Gasteiger partial charge on any atom is -0.290 e. The number of aromatic nitrogens is 2. The quantitative estimate of drug-likeness (QED) is 0.262. The topological polar surface area (TPSA) is 77.0 Å². The molecule has 3 rings (SSSR count). The van der Waals surface area contributed by atoms with Gasteiger partial charge in [0.2, 0.25) is 5.78 Å². The number of nitro groups is 1. The zero-order valence-electron chi connectivity index (χ0n) is 13.4. The summed E-state index contributed by atoms with van der Waals surface area (Å²) in [6, 6.07) is 14.8. The number of nitrogens with zero attached hydrogens (tertiary/aromatic N) is 3. The van der Waals surface area contributed by atoms with Crippen LogP contribution in [0.5, 0.6) is 0 Å². The monoisotopic (exact) mass is 434 g/mol. The van der Waals surface area contributed by atoms with Crippen LogP contribution in [0.4, 0.5) is 5.69 Å². The van der Waals surface area contributed by atoms with Crippen LogP contribution in [0.25, 0.3) is 11.3 Å². The Kier molecular flexibility index (Phi) is 6.54. The Morgan fingerprint density at radius 1 is 1.15 bits per heavy atom. The molecule has 2 aromatic carbocycles. The third-order valence-corrected chi connectivity index (χ3v) is 3.87. The van der Waals surface area contributed by atoms with Gasteiger partial charge in [-0.1, -0.05) is 23.7 Å². The first-order valence-electron chi connectivity index (χ1n) is 7.41. The molecule has 0 atom stereocenters. The van der Waals surface area contributed by atoms with Gasteiger partial charge in [0.1, 0.15) is 0 Å². The SMILES string of the molecule is Br.O=C(C[n+]1ccc(-c2ccc(Cl)cc2)nc1)c1cccc([N+](=O)[O-])c1. The minimum atomic E-state index is -0.521. The van der Waals surface area contributed by atoms with Crippen molar-refractivity contribution >= 4 is 40.1 Å².